The van der Waals surface area contributed by atoms with Gasteiger partial charge in [-0.05, 0) is 30.7 Å². The van der Waals surface area contributed by atoms with Gasteiger partial charge < -0.3 is 5.32 Å². The van der Waals surface area contributed by atoms with Gasteiger partial charge in [0.25, 0.3) is 0 Å². The highest BCUT2D eigenvalue weighted by atomic mass is 32.2. The van der Waals surface area contributed by atoms with Crippen LogP contribution in [-0.2, 0) is 14.8 Å². The number of benzene rings is 1. The maximum Gasteiger partial charge on any atom is 0.244 e. The monoisotopic (exact) mass is 314 g/mol. The fourth-order valence-corrected chi connectivity index (χ4v) is 3.15. The molecule has 0 spiro atoms. The number of hydrogen-bond donors (Lipinski definition) is 1. The van der Waals surface area contributed by atoms with E-state index in [9.17, 15) is 17.6 Å². The Kier molecular flexibility index (Phi) is 5.90. The molecule has 1 aromatic carbocycles. The zero-order valence-corrected chi connectivity index (χ0v) is 12.9. The van der Waals surface area contributed by atoms with Crippen LogP contribution in [0.2, 0.25) is 0 Å². The number of halogens is 1. The van der Waals surface area contributed by atoms with E-state index in [1.807, 2.05) is 0 Å². The van der Waals surface area contributed by atoms with Gasteiger partial charge in [0.2, 0.25) is 15.9 Å². The van der Waals surface area contributed by atoms with E-state index in [2.05, 4.69) is 11.9 Å². The molecule has 0 saturated carbocycles. The highest BCUT2D eigenvalue weighted by Gasteiger charge is 2.31. The maximum atomic E-state index is 13.0. The van der Waals surface area contributed by atoms with E-state index in [1.54, 1.807) is 6.92 Å². The fourth-order valence-electron chi connectivity index (χ4n) is 1.94. The molecule has 1 atom stereocenters. The van der Waals surface area contributed by atoms with Crippen LogP contribution in [0.5, 0.6) is 0 Å². The zero-order valence-electron chi connectivity index (χ0n) is 12.0. The summed E-state index contributed by atoms with van der Waals surface area (Å²) in [7, 11) is -3.69. The van der Waals surface area contributed by atoms with Crippen LogP contribution in [0.3, 0.4) is 0 Å². The van der Waals surface area contributed by atoms with Gasteiger partial charge in [0.15, 0.2) is 0 Å². The van der Waals surface area contributed by atoms with Crippen LogP contribution >= 0.6 is 0 Å². The topological polar surface area (TPSA) is 66.5 Å². The van der Waals surface area contributed by atoms with Crippen LogP contribution in [0, 0.1) is 5.82 Å². The Morgan fingerprint density at radius 1 is 1.43 bits per heavy atom. The molecule has 7 heteroatoms. The SMILES string of the molecule is C=CCNC(=O)[C@H](CC)N(c1ccc(F)cc1)S(C)(=O)=O. The van der Waals surface area contributed by atoms with Crippen LogP contribution in [0.15, 0.2) is 36.9 Å². The molecule has 21 heavy (non-hydrogen) atoms. The van der Waals surface area contributed by atoms with Crippen molar-refractivity contribution in [3.8, 4) is 0 Å². The summed E-state index contributed by atoms with van der Waals surface area (Å²) in [5.74, 6) is -0.900. The summed E-state index contributed by atoms with van der Waals surface area (Å²) >= 11 is 0. The average Bonchev–Trinajstić information content (AvgIpc) is 2.42. The molecular formula is C14H19FN2O3S. The lowest BCUT2D eigenvalue weighted by molar-refractivity contribution is -0.122. The number of carbonyl (C=O) groups excluding carboxylic acids is 1. The third-order valence-electron chi connectivity index (χ3n) is 2.83. The van der Waals surface area contributed by atoms with Crippen LogP contribution < -0.4 is 9.62 Å². The number of carbonyl (C=O) groups is 1. The van der Waals surface area contributed by atoms with Crippen molar-refractivity contribution in [2.24, 2.45) is 0 Å². The van der Waals surface area contributed by atoms with Gasteiger partial charge in [-0.3, -0.25) is 9.10 Å². The Hall–Kier alpha value is -1.89. The molecule has 0 aliphatic rings. The van der Waals surface area contributed by atoms with E-state index < -0.39 is 27.8 Å². The lowest BCUT2D eigenvalue weighted by Gasteiger charge is -2.30. The summed E-state index contributed by atoms with van der Waals surface area (Å²) in [4.78, 5) is 12.1. The quantitative estimate of drug-likeness (QED) is 0.779. The first-order valence-corrected chi connectivity index (χ1v) is 8.29. The molecule has 0 unspecified atom stereocenters. The summed E-state index contributed by atoms with van der Waals surface area (Å²) in [5, 5.41) is 2.58. The minimum Gasteiger partial charge on any atom is -0.351 e. The number of amides is 1. The Labute approximate surface area is 124 Å². The molecule has 0 aromatic heterocycles. The molecule has 0 fully saturated rings. The van der Waals surface area contributed by atoms with Gasteiger partial charge in [-0.2, -0.15) is 0 Å². The van der Waals surface area contributed by atoms with Crippen LogP contribution in [-0.4, -0.2) is 33.2 Å². The molecule has 1 N–H and O–H groups in total. The predicted molar refractivity (Wildman–Crippen MR) is 81.0 cm³/mol. The van der Waals surface area contributed by atoms with E-state index in [4.69, 9.17) is 0 Å². The molecule has 1 rings (SSSR count). The smallest absolute Gasteiger partial charge is 0.244 e. The molecule has 0 heterocycles. The van der Waals surface area contributed by atoms with Gasteiger partial charge in [0.1, 0.15) is 11.9 Å². The first kappa shape index (κ1) is 17.2. The Morgan fingerprint density at radius 3 is 2.43 bits per heavy atom. The third kappa shape index (κ3) is 4.56. The van der Waals surface area contributed by atoms with Crippen molar-refractivity contribution in [3.05, 3.63) is 42.7 Å². The van der Waals surface area contributed by atoms with Crippen molar-refractivity contribution in [2.45, 2.75) is 19.4 Å². The van der Waals surface area contributed by atoms with Gasteiger partial charge in [0.05, 0.1) is 11.9 Å². The Balaban J connectivity index is 3.20. The van der Waals surface area contributed by atoms with Gasteiger partial charge in [0, 0.05) is 6.54 Å². The normalized spacial score (nSPS) is 12.5. The van der Waals surface area contributed by atoms with Gasteiger partial charge in [-0.1, -0.05) is 13.0 Å². The molecule has 5 nitrogen and oxygen atoms in total. The second kappa shape index (κ2) is 7.21. The first-order valence-electron chi connectivity index (χ1n) is 6.44. The van der Waals surface area contributed by atoms with Crippen molar-refractivity contribution in [2.75, 3.05) is 17.1 Å². The third-order valence-corrected chi connectivity index (χ3v) is 4.01. The molecule has 1 amide bonds. The number of anilines is 1. The summed E-state index contributed by atoms with van der Waals surface area (Å²) < 4.78 is 38.1. The molecule has 0 aliphatic heterocycles. The van der Waals surface area contributed by atoms with Crippen molar-refractivity contribution in [1.29, 1.82) is 0 Å². The minimum absolute atomic E-state index is 0.246. The fraction of sp³-hybridized carbons (Fsp3) is 0.357. The zero-order chi connectivity index (χ0) is 16.0. The minimum atomic E-state index is -3.69. The van der Waals surface area contributed by atoms with Crippen molar-refractivity contribution < 1.29 is 17.6 Å². The molecular weight excluding hydrogens is 295 g/mol. The van der Waals surface area contributed by atoms with Gasteiger partial charge in [-0.15, -0.1) is 6.58 Å². The number of nitrogens with one attached hydrogen (secondary N) is 1. The van der Waals surface area contributed by atoms with Crippen molar-refractivity contribution in [3.63, 3.8) is 0 Å². The van der Waals surface area contributed by atoms with Crippen LogP contribution in [0.25, 0.3) is 0 Å². The van der Waals surface area contributed by atoms with Crippen molar-refractivity contribution >= 4 is 21.6 Å². The summed E-state index contributed by atoms with van der Waals surface area (Å²) in [6.45, 7) is 5.45. The highest BCUT2D eigenvalue weighted by Crippen LogP contribution is 2.22. The van der Waals surface area contributed by atoms with E-state index in [0.29, 0.717) is 0 Å². The highest BCUT2D eigenvalue weighted by molar-refractivity contribution is 7.92. The molecule has 116 valence electrons. The predicted octanol–water partition coefficient (Wildman–Crippen LogP) is 1.67. The van der Waals surface area contributed by atoms with Crippen LogP contribution in [0.4, 0.5) is 10.1 Å². The van der Waals surface area contributed by atoms with E-state index in [1.165, 1.54) is 18.2 Å². The lowest BCUT2D eigenvalue weighted by Crippen LogP contribution is -2.49. The molecule has 1 aromatic rings. The number of rotatable bonds is 7. The van der Waals surface area contributed by atoms with E-state index in [-0.39, 0.29) is 18.7 Å². The lowest BCUT2D eigenvalue weighted by atomic mass is 10.2. The number of sulfonamides is 1. The molecule has 0 aliphatic carbocycles. The van der Waals surface area contributed by atoms with Crippen molar-refractivity contribution in [1.82, 2.24) is 5.32 Å². The number of nitrogens with zero attached hydrogens (tertiary/aromatic N) is 1. The first-order chi connectivity index (χ1) is 9.81. The Morgan fingerprint density at radius 2 is 2.00 bits per heavy atom. The summed E-state index contributed by atoms with van der Waals surface area (Å²) in [6.07, 6.45) is 2.81. The Bertz CT molecular complexity index is 599. The standard InChI is InChI=1S/C14H19FN2O3S/c1-4-10-16-14(18)13(5-2)17(21(3,19)20)12-8-6-11(15)7-9-12/h4,6-9,13H,1,5,10H2,2-3H3,(H,16,18)/t13-/m0/s1. The summed E-state index contributed by atoms with van der Waals surface area (Å²) in [6, 6.07) is 4.08. The van der Waals surface area contributed by atoms with Gasteiger partial charge >= 0.3 is 0 Å². The average molecular weight is 314 g/mol. The van der Waals surface area contributed by atoms with E-state index >= 15 is 0 Å². The molecule has 0 radical (unpaired) electrons. The second-order valence-corrected chi connectivity index (χ2v) is 6.35. The van der Waals surface area contributed by atoms with E-state index in [0.717, 1.165) is 22.7 Å². The van der Waals surface area contributed by atoms with Crippen LogP contribution in [0.1, 0.15) is 13.3 Å². The summed E-state index contributed by atoms with van der Waals surface area (Å²) in [5.41, 5.74) is 0.250. The van der Waals surface area contributed by atoms with Gasteiger partial charge in [-0.25, -0.2) is 12.8 Å². The second-order valence-electron chi connectivity index (χ2n) is 4.49. The largest absolute Gasteiger partial charge is 0.351 e. The molecule has 0 bridgehead atoms. The maximum absolute atomic E-state index is 13.0. The number of hydrogen-bond acceptors (Lipinski definition) is 3. The molecule has 0 saturated heterocycles.